The van der Waals surface area contributed by atoms with Gasteiger partial charge in [0.05, 0.1) is 12.2 Å². The van der Waals surface area contributed by atoms with Crippen LogP contribution in [0.25, 0.3) is 10.8 Å². The van der Waals surface area contributed by atoms with Crippen LogP contribution in [-0.4, -0.2) is 49.7 Å². The van der Waals surface area contributed by atoms with Crippen LogP contribution in [0.5, 0.6) is 0 Å². The minimum Gasteiger partial charge on any atom is -0.400 e. The fourth-order valence-electron chi connectivity index (χ4n) is 2.49. The van der Waals surface area contributed by atoms with Crippen molar-refractivity contribution in [3.63, 3.8) is 0 Å². The van der Waals surface area contributed by atoms with Crippen molar-refractivity contribution in [1.82, 2.24) is 4.90 Å². The van der Waals surface area contributed by atoms with Gasteiger partial charge in [0, 0.05) is 25.6 Å². The fourth-order valence-corrected chi connectivity index (χ4v) is 2.49. The van der Waals surface area contributed by atoms with E-state index in [4.69, 9.17) is 5.11 Å². The van der Waals surface area contributed by atoms with Gasteiger partial charge < -0.3 is 10.0 Å². The second-order valence-electron chi connectivity index (χ2n) is 4.78. The molecule has 2 aromatic carbocycles. The first-order valence-corrected chi connectivity index (χ1v) is 6.67. The van der Waals surface area contributed by atoms with E-state index in [1.165, 1.54) is 5.39 Å². The quantitative estimate of drug-likeness (QED) is 0.860. The van der Waals surface area contributed by atoms with E-state index in [0.29, 0.717) is 6.54 Å². The number of carbonyl (C=O) groups is 1. The Hall–Kier alpha value is -1.91. The molecule has 0 unspecified atom stereocenters. The molecule has 0 atom stereocenters. The van der Waals surface area contributed by atoms with Crippen molar-refractivity contribution in [1.29, 1.82) is 0 Å². The molecule has 20 heavy (non-hydrogen) atoms. The molecule has 1 aliphatic heterocycles. The number of piperazine rings is 1. The molecule has 2 aromatic rings. The average Bonchev–Trinajstić information content (AvgIpc) is 2.49. The molecule has 0 radical (unpaired) electrons. The zero-order valence-corrected chi connectivity index (χ0v) is 11.9. The summed E-state index contributed by atoms with van der Waals surface area (Å²) in [7, 11) is 2.98. The van der Waals surface area contributed by atoms with Gasteiger partial charge in [-0.15, -0.1) is 0 Å². The lowest BCUT2D eigenvalue weighted by atomic mass is 10.1. The van der Waals surface area contributed by atoms with E-state index in [1.807, 2.05) is 36.2 Å². The van der Waals surface area contributed by atoms with Gasteiger partial charge in [-0.05, 0) is 18.5 Å². The van der Waals surface area contributed by atoms with Crippen LogP contribution < -0.4 is 4.90 Å². The first-order chi connectivity index (χ1) is 9.75. The lowest BCUT2D eigenvalue weighted by Gasteiger charge is -2.32. The Morgan fingerprint density at radius 3 is 2.45 bits per heavy atom. The molecule has 3 rings (SSSR count). The Balaban J connectivity index is 0.000000704. The van der Waals surface area contributed by atoms with Crippen LogP contribution in [0.15, 0.2) is 42.5 Å². The molecule has 1 fully saturated rings. The summed E-state index contributed by atoms with van der Waals surface area (Å²) in [5.41, 5.74) is 1.03. The van der Waals surface area contributed by atoms with Crippen molar-refractivity contribution >= 4 is 22.4 Å². The van der Waals surface area contributed by atoms with Crippen LogP contribution in [0.3, 0.4) is 0 Å². The number of carbonyl (C=O) groups excluding carboxylic acids is 1. The Kier molecular flexibility index (Phi) is 4.71. The number of anilines is 1. The summed E-state index contributed by atoms with van der Waals surface area (Å²) in [6, 6.07) is 14.3. The van der Waals surface area contributed by atoms with E-state index < -0.39 is 0 Å². The predicted molar refractivity (Wildman–Crippen MR) is 81.9 cm³/mol. The topological polar surface area (TPSA) is 43.8 Å². The maximum Gasteiger partial charge on any atom is 0.241 e. The highest BCUT2D eigenvalue weighted by Crippen LogP contribution is 2.27. The van der Waals surface area contributed by atoms with Gasteiger partial charge in [-0.25, -0.2) is 0 Å². The van der Waals surface area contributed by atoms with Crippen molar-refractivity contribution < 1.29 is 9.90 Å². The SMILES string of the molecule is CN1CCN(c2cccc3ccccc23)C(=O)C1.CO. The van der Waals surface area contributed by atoms with Crippen LogP contribution >= 0.6 is 0 Å². The van der Waals surface area contributed by atoms with E-state index in [2.05, 4.69) is 23.1 Å². The Bertz CT molecular complexity index is 593. The number of likely N-dealkylation sites (N-methyl/N-ethyl adjacent to an activating group) is 1. The number of benzene rings is 2. The molecule has 0 saturated carbocycles. The molecule has 1 saturated heterocycles. The number of aliphatic hydroxyl groups is 1. The number of fused-ring (bicyclic) bond motifs is 1. The second kappa shape index (κ2) is 6.50. The highest BCUT2D eigenvalue weighted by molar-refractivity contribution is 6.04. The van der Waals surface area contributed by atoms with Gasteiger partial charge in [0.15, 0.2) is 0 Å². The maximum atomic E-state index is 12.1. The van der Waals surface area contributed by atoms with Crippen LogP contribution in [0.2, 0.25) is 0 Å². The van der Waals surface area contributed by atoms with E-state index in [-0.39, 0.29) is 5.91 Å². The lowest BCUT2D eigenvalue weighted by Crippen LogP contribution is -2.48. The lowest BCUT2D eigenvalue weighted by molar-refractivity contribution is -0.120. The minimum atomic E-state index is 0.181. The summed E-state index contributed by atoms with van der Waals surface area (Å²) in [6.07, 6.45) is 0. The van der Waals surface area contributed by atoms with E-state index in [9.17, 15) is 4.79 Å². The fraction of sp³-hybridized carbons (Fsp3) is 0.312. The number of rotatable bonds is 1. The van der Waals surface area contributed by atoms with Gasteiger partial charge in [0.1, 0.15) is 0 Å². The first kappa shape index (κ1) is 14.5. The van der Waals surface area contributed by atoms with Crippen molar-refractivity contribution in [3.05, 3.63) is 42.5 Å². The van der Waals surface area contributed by atoms with E-state index in [1.54, 1.807) is 0 Å². The molecule has 0 aromatic heterocycles. The average molecular weight is 272 g/mol. The summed E-state index contributed by atoms with van der Waals surface area (Å²) >= 11 is 0. The molecule has 4 heteroatoms. The zero-order chi connectivity index (χ0) is 14.5. The van der Waals surface area contributed by atoms with Gasteiger partial charge in [0.2, 0.25) is 5.91 Å². The standard InChI is InChI=1S/C15H16N2O.CH4O/c1-16-9-10-17(15(18)11-16)14-8-4-6-12-5-2-3-7-13(12)14;1-2/h2-8H,9-11H2,1H3;2H,1H3. The molecule has 1 aliphatic rings. The second-order valence-corrected chi connectivity index (χ2v) is 4.78. The van der Waals surface area contributed by atoms with Crippen LogP contribution in [-0.2, 0) is 4.79 Å². The Labute approximate surface area is 119 Å². The highest BCUT2D eigenvalue weighted by Gasteiger charge is 2.23. The molecule has 4 nitrogen and oxygen atoms in total. The summed E-state index contributed by atoms with van der Waals surface area (Å²) in [6.45, 7) is 2.20. The molecule has 1 amide bonds. The summed E-state index contributed by atoms with van der Waals surface area (Å²) in [5.74, 6) is 0.181. The van der Waals surface area contributed by atoms with Gasteiger partial charge >= 0.3 is 0 Å². The molecular formula is C16H20N2O2. The van der Waals surface area contributed by atoms with Crippen molar-refractivity contribution in [3.8, 4) is 0 Å². The van der Waals surface area contributed by atoms with Gasteiger partial charge in [-0.1, -0.05) is 36.4 Å². The van der Waals surface area contributed by atoms with Crippen molar-refractivity contribution in [2.45, 2.75) is 0 Å². The zero-order valence-electron chi connectivity index (χ0n) is 11.9. The number of hydrogen-bond donors (Lipinski definition) is 1. The third-order valence-corrected chi connectivity index (χ3v) is 3.47. The van der Waals surface area contributed by atoms with Gasteiger partial charge in [0.25, 0.3) is 0 Å². The third-order valence-electron chi connectivity index (χ3n) is 3.47. The van der Waals surface area contributed by atoms with Gasteiger partial charge in [-0.2, -0.15) is 0 Å². The van der Waals surface area contributed by atoms with E-state index in [0.717, 1.165) is 31.3 Å². The first-order valence-electron chi connectivity index (χ1n) is 6.67. The summed E-state index contributed by atoms with van der Waals surface area (Å²) in [5, 5.41) is 9.33. The minimum absolute atomic E-state index is 0.181. The predicted octanol–water partition coefficient (Wildman–Crippen LogP) is 1.73. The van der Waals surface area contributed by atoms with Crippen LogP contribution in [0, 0.1) is 0 Å². The smallest absolute Gasteiger partial charge is 0.241 e. The number of amides is 1. The van der Waals surface area contributed by atoms with Crippen molar-refractivity contribution in [2.75, 3.05) is 38.7 Å². The highest BCUT2D eigenvalue weighted by atomic mass is 16.2. The van der Waals surface area contributed by atoms with Crippen LogP contribution in [0.4, 0.5) is 5.69 Å². The molecule has 0 spiro atoms. The largest absolute Gasteiger partial charge is 0.400 e. The maximum absolute atomic E-state index is 12.1. The number of nitrogens with zero attached hydrogens (tertiary/aromatic N) is 2. The molecule has 1 heterocycles. The van der Waals surface area contributed by atoms with Crippen LogP contribution in [0.1, 0.15) is 0 Å². The monoisotopic (exact) mass is 272 g/mol. The molecule has 0 bridgehead atoms. The number of hydrogen-bond acceptors (Lipinski definition) is 3. The molecular weight excluding hydrogens is 252 g/mol. The number of aliphatic hydroxyl groups excluding tert-OH is 1. The van der Waals surface area contributed by atoms with Crippen molar-refractivity contribution in [2.24, 2.45) is 0 Å². The molecule has 106 valence electrons. The normalized spacial score (nSPS) is 15.9. The summed E-state index contributed by atoms with van der Waals surface area (Å²) < 4.78 is 0. The van der Waals surface area contributed by atoms with E-state index >= 15 is 0 Å². The van der Waals surface area contributed by atoms with Gasteiger partial charge in [-0.3, -0.25) is 9.69 Å². The molecule has 0 aliphatic carbocycles. The Morgan fingerprint density at radius 1 is 1.00 bits per heavy atom. The Morgan fingerprint density at radius 2 is 1.70 bits per heavy atom. The third kappa shape index (κ3) is 2.81. The summed E-state index contributed by atoms with van der Waals surface area (Å²) in [4.78, 5) is 16.1. The molecule has 1 N–H and O–H groups in total.